The molecule has 0 unspecified atom stereocenters. The van der Waals surface area contributed by atoms with E-state index in [4.69, 9.17) is 0 Å². The summed E-state index contributed by atoms with van der Waals surface area (Å²) in [5, 5.41) is 11.3. The molecule has 1 rings (SSSR count). The fourth-order valence-corrected chi connectivity index (χ4v) is 6.12. The van der Waals surface area contributed by atoms with Crippen LogP contribution in [0, 0.1) is 0 Å². The molecule has 0 aliphatic carbocycles. The van der Waals surface area contributed by atoms with E-state index in [-0.39, 0.29) is 5.75 Å². The summed E-state index contributed by atoms with van der Waals surface area (Å²) in [7, 11) is -4.18. The van der Waals surface area contributed by atoms with Gasteiger partial charge in [0.05, 0.1) is 0 Å². The number of unbranched alkanes of at least 4 members (excludes halogenated alkanes) is 16. The van der Waals surface area contributed by atoms with Crippen LogP contribution in [0.4, 0.5) is 0 Å². The van der Waals surface area contributed by atoms with E-state index in [0.29, 0.717) is 12.0 Å². The Balaban J connectivity index is 3.05. The molecule has 0 radical (unpaired) electrons. The fraction of sp³-hybridized carbons (Fsp3) is 0.812. The number of hydrogen-bond acceptors (Lipinski definition) is 3. The third kappa shape index (κ3) is 15.8. The highest BCUT2D eigenvalue weighted by Gasteiger charge is 2.21. The Morgan fingerprint density at radius 2 is 0.919 bits per heavy atom. The predicted octanol–water partition coefficient (Wildman–Crippen LogP) is 9.88. The predicted molar refractivity (Wildman–Crippen MR) is 159 cm³/mol. The largest absolute Gasteiger partial charge is 0.507 e. The maximum Gasteiger partial charge on any atom is 0.269 e. The van der Waals surface area contributed by atoms with Crippen LogP contribution in [0.3, 0.4) is 0 Å². The van der Waals surface area contributed by atoms with E-state index >= 15 is 0 Å². The number of benzene rings is 1. The second-order valence-corrected chi connectivity index (χ2v) is 12.6. The van der Waals surface area contributed by atoms with E-state index in [0.717, 1.165) is 68.1 Å². The average molecular weight is 539 g/mol. The Morgan fingerprint density at radius 3 is 1.35 bits per heavy atom. The van der Waals surface area contributed by atoms with Crippen LogP contribution in [-0.4, -0.2) is 18.1 Å². The van der Waals surface area contributed by atoms with Crippen LogP contribution >= 0.6 is 0 Å². The molecule has 0 amide bonds. The van der Waals surface area contributed by atoms with Gasteiger partial charge in [0.1, 0.15) is 11.5 Å². The summed E-state index contributed by atoms with van der Waals surface area (Å²) in [4.78, 5) is 0. The third-order valence-corrected chi connectivity index (χ3v) is 8.30. The van der Waals surface area contributed by atoms with Gasteiger partial charge in [-0.15, -0.1) is 0 Å². The van der Waals surface area contributed by atoms with Gasteiger partial charge in [-0.05, 0) is 60.8 Å². The van der Waals surface area contributed by atoms with Crippen molar-refractivity contribution < 1.29 is 18.1 Å². The standard InChI is InChI=1S/C32H58O4S/c1-4-7-10-13-16-18-20-23-28-26-29(24-21-17-14-11-8-5-2)32(33)30(31(28)27-37(34,35)36)25-22-19-15-12-9-6-3/h26,33H,4-25,27H2,1-3H3,(H,34,35,36). The second-order valence-electron chi connectivity index (χ2n) is 11.1. The summed E-state index contributed by atoms with van der Waals surface area (Å²) >= 11 is 0. The lowest BCUT2D eigenvalue weighted by Crippen LogP contribution is -2.10. The van der Waals surface area contributed by atoms with Gasteiger partial charge in [0, 0.05) is 0 Å². The molecule has 1 aromatic rings. The van der Waals surface area contributed by atoms with Gasteiger partial charge in [-0.1, -0.05) is 130 Å². The molecule has 0 bridgehead atoms. The van der Waals surface area contributed by atoms with E-state index in [1.165, 1.54) is 83.5 Å². The van der Waals surface area contributed by atoms with Gasteiger partial charge in [0.25, 0.3) is 10.1 Å². The van der Waals surface area contributed by atoms with E-state index in [9.17, 15) is 18.1 Å². The molecule has 0 aliphatic heterocycles. The molecule has 0 saturated heterocycles. The van der Waals surface area contributed by atoms with Gasteiger partial charge in [-0.3, -0.25) is 4.55 Å². The summed E-state index contributed by atoms with van der Waals surface area (Å²) in [6.45, 7) is 6.67. The Bertz CT molecular complexity index is 817. The zero-order valence-electron chi connectivity index (χ0n) is 24.5. The molecule has 4 nitrogen and oxygen atoms in total. The molecule has 2 N–H and O–H groups in total. The van der Waals surface area contributed by atoms with Crippen LogP contribution in [0.5, 0.6) is 5.75 Å². The minimum Gasteiger partial charge on any atom is -0.507 e. The van der Waals surface area contributed by atoms with Gasteiger partial charge >= 0.3 is 0 Å². The van der Waals surface area contributed by atoms with Crippen molar-refractivity contribution in [2.45, 2.75) is 168 Å². The SMILES string of the molecule is CCCCCCCCCc1cc(CCCCCCCC)c(O)c(CCCCCCCC)c1CS(=O)(=O)O. The van der Waals surface area contributed by atoms with Crippen molar-refractivity contribution in [2.75, 3.05) is 0 Å². The van der Waals surface area contributed by atoms with Crippen LogP contribution in [0.25, 0.3) is 0 Å². The van der Waals surface area contributed by atoms with Crippen molar-refractivity contribution in [2.24, 2.45) is 0 Å². The van der Waals surface area contributed by atoms with E-state index in [1.54, 1.807) is 0 Å². The quantitative estimate of drug-likeness (QED) is 0.101. The summed E-state index contributed by atoms with van der Waals surface area (Å²) in [6.07, 6.45) is 24.8. The lowest BCUT2D eigenvalue weighted by atomic mass is 9.89. The van der Waals surface area contributed by atoms with Crippen LogP contribution in [0.1, 0.15) is 165 Å². The minimum absolute atomic E-state index is 0.282. The molecular weight excluding hydrogens is 480 g/mol. The van der Waals surface area contributed by atoms with Gasteiger partial charge < -0.3 is 5.11 Å². The van der Waals surface area contributed by atoms with Crippen LogP contribution in [0.2, 0.25) is 0 Å². The molecule has 37 heavy (non-hydrogen) atoms. The summed E-state index contributed by atoms with van der Waals surface area (Å²) in [6, 6.07) is 2.06. The molecule has 0 fully saturated rings. The second kappa shape index (κ2) is 20.8. The van der Waals surface area contributed by atoms with Crippen molar-refractivity contribution in [3.63, 3.8) is 0 Å². The molecular formula is C32H58O4S. The zero-order chi connectivity index (χ0) is 27.4. The molecule has 0 aromatic heterocycles. The zero-order valence-corrected chi connectivity index (χ0v) is 25.3. The van der Waals surface area contributed by atoms with Crippen LogP contribution in [0.15, 0.2) is 6.07 Å². The maximum absolute atomic E-state index is 12.0. The fourth-order valence-electron chi connectivity index (χ4n) is 5.39. The number of aryl methyl sites for hydroxylation is 2. The molecule has 0 heterocycles. The van der Waals surface area contributed by atoms with Crippen LogP contribution in [-0.2, 0) is 35.1 Å². The lowest BCUT2D eigenvalue weighted by Gasteiger charge is -2.20. The molecule has 0 saturated carbocycles. The van der Waals surface area contributed by atoms with E-state index in [2.05, 4.69) is 26.8 Å². The summed E-state index contributed by atoms with van der Waals surface area (Å²) in [5.74, 6) is -0.112. The van der Waals surface area contributed by atoms with Gasteiger partial charge in [-0.2, -0.15) is 8.42 Å². The molecule has 0 aliphatic rings. The number of phenolic OH excluding ortho intramolecular Hbond substituents is 1. The Morgan fingerprint density at radius 1 is 0.541 bits per heavy atom. The highest BCUT2D eigenvalue weighted by Crippen LogP contribution is 2.34. The maximum atomic E-state index is 12.0. The normalized spacial score (nSPS) is 11.9. The molecule has 1 aromatic carbocycles. The Labute approximate surface area is 229 Å². The van der Waals surface area contributed by atoms with Crippen molar-refractivity contribution >= 4 is 10.1 Å². The first kappa shape index (κ1) is 34.0. The molecule has 216 valence electrons. The number of hydrogen-bond donors (Lipinski definition) is 2. The van der Waals surface area contributed by atoms with Gasteiger partial charge in [-0.25, -0.2) is 0 Å². The number of rotatable bonds is 24. The topological polar surface area (TPSA) is 74.6 Å². The van der Waals surface area contributed by atoms with Crippen molar-refractivity contribution in [1.82, 2.24) is 0 Å². The van der Waals surface area contributed by atoms with Crippen molar-refractivity contribution in [3.05, 3.63) is 28.3 Å². The Hall–Kier alpha value is -1.07. The first-order valence-corrected chi connectivity index (χ1v) is 17.3. The number of phenols is 1. The van der Waals surface area contributed by atoms with E-state index in [1.807, 2.05) is 0 Å². The summed E-state index contributed by atoms with van der Waals surface area (Å²) < 4.78 is 33.8. The highest BCUT2D eigenvalue weighted by molar-refractivity contribution is 7.85. The van der Waals surface area contributed by atoms with E-state index < -0.39 is 15.9 Å². The minimum atomic E-state index is -4.18. The lowest BCUT2D eigenvalue weighted by molar-refractivity contribution is 0.454. The summed E-state index contributed by atoms with van der Waals surface area (Å²) in [5.41, 5.74) is 3.42. The molecule has 5 heteroatoms. The average Bonchev–Trinajstić information content (AvgIpc) is 2.85. The monoisotopic (exact) mass is 538 g/mol. The smallest absolute Gasteiger partial charge is 0.269 e. The first-order valence-electron chi connectivity index (χ1n) is 15.6. The molecule has 0 atom stereocenters. The van der Waals surface area contributed by atoms with Gasteiger partial charge in [0.2, 0.25) is 0 Å². The van der Waals surface area contributed by atoms with Crippen molar-refractivity contribution in [3.8, 4) is 5.75 Å². The third-order valence-electron chi connectivity index (χ3n) is 7.65. The van der Waals surface area contributed by atoms with Crippen LogP contribution < -0.4 is 0 Å². The Kier molecular flexibility index (Phi) is 19.1. The first-order chi connectivity index (χ1) is 17.8. The van der Waals surface area contributed by atoms with Gasteiger partial charge in [0.15, 0.2) is 0 Å². The molecule has 0 spiro atoms. The van der Waals surface area contributed by atoms with Crippen molar-refractivity contribution in [1.29, 1.82) is 0 Å². The highest BCUT2D eigenvalue weighted by atomic mass is 32.2. The number of aromatic hydroxyl groups is 1.